The van der Waals surface area contributed by atoms with Gasteiger partial charge in [0, 0.05) is 23.5 Å². The molecule has 1 aromatic heterocycles. The Morgan fingerprint density at radius 1 is 1.39 bits per heavy atom. The van der Waals surface area contributed by atoms with E-state index in [-0.39, 0.29) is 6.42 Å². The van der Waals surface area contributed by atoms with Crippen molar-refractivity contribution in [2.24, 2.45) is 0 Å². The van der Waals surface area contributed by atoms with Gasteiger partial charge in [-0.05, 0) is 36.1 Å². The van der Waals surface area contributed by atoms with Gasteiger partial charge >= 0.3 is 0 Å². The highest BCUT2D eigenvalue weighted by atomic mass is 32.1. The molecule has 1 aliphatic rings. The van der Waals surface area contributed by atoms with Gasteiger partial charge in [-0.25, -0.2) is 0 Å². The second-order valence-corrected chi connectivity index (χ2v) is 6.67. The Kier molecular flexibility index (Phi) is 4.19. The second-order valence-electron chi connectivity index (χ2n) is 5.68. The van der Waals surface area contributed by atoms with Crippen molar-refractivity contribution in [3.63, 3.8) is 0 Å². The van der Waals surface area contributed by atoms with Crippen LogP contribution >= 0.6 is 11.3 Å². The average Bonchev–Trinajstić information content (AvgIpc) is 3.11. The largest absolute Gasteiger partial charge is 0.372 e. The number of thiophene rings is 1. The van der Waals surface area contributed by atoms with Crippen LogP contribution in [0, 0.1) is 6.92 Å². The van der Waals surface area contributed by atoms with E-state index >= 15 is 0 Å². The minimum atomic E-state index is -1.98. The van der Waals surface area contributed by atoms with Gasteiger partial charge in [-0.3, -0.25) is 9.59 Å². The Balaban J connectivity index is 1.69. The minimum Gasteiger partial charge on any atom is -0.372 e. The number of rotatable bonds is 4. The lowest BCUT2D eigenvalue weighted by Gasteiger charge is -2.21. The molecule has 0 unspecified atom stereocenters. The maximum atomic E-state index is 12.5. The lowest BCUT2D eigenvalue weighted by atomic mass is 10.0. The quantitative estimate of drug-likeness (QED) is 0.841. The Morgan fingerprint density at radius 3 is 2.78 bits per heavy atom. The number of aliphatic hydroxyl groups is 1. The summed E-state index contributed by atoms with van der Waals surface area (Å²) in [5.74, 6) is -1.20. The van der Waals surface area contributed by atoms with Crippen LogP contribution in [0.1, 0.15) is 16.9 Å². The lowest BCUT2D eigenvalue weighted by molar-refractivity contribution is -0.149. The van der Waals surface area contributed by atoms with E-state index in [9.17, 15) is 14.7 Å². The standard InChI is InChI=1S/C17H18N2O3S/c1-12-9-14(23-11-12)10-18-15(20)17(22)7-8-19(16(17)21)13-5-3-2-4-6-13/h2-6,9,11,22H,7-8,10H2,1H3,(H,18,20)/t17-/m0/s1. The summed E-state index contributed by atoms with van der Waals surface area (Å²) in [5.41, 5.74) is -0.164. The zero-order chi connectivity index (χ0) is 16.4. The molecule has 1 fully saturated rings. The van der Waals surface area contributed by atoms with Gasteiger partial charge in [-0.15, -0.1) is 11.3 Å². The molecule has 1 aromatic carbocycles. The van der Waals surface area contributed by atoms with Crippen molar-refractivity contribution >= 4 is 28.8 Å². The van der Waals surface area contributed by atoms with Crippen molar-refractivity contribution in [1.29, 1.82) is 0 Å². The molecular formula is C17H18N2O3S. The third-order valence-corrected chi connectivity index (χ3v) is 5.00. The third kappa shape index (κ3) is 3.00. The first-order valence-electron chi connectivity index (χ1n) is 7.42. The molecule has 2 amide bonds. The van der Waals surface area contributed by atoms with Crippen molar-refractivity contribution in [3.8, 4) is 0 Å². The highest BCUT2D eigenvalue weighted by molar-refractivity contribution is 7.10. The molecule has 0 aliphatic carbocycles. The maximum absolute atomic E-state index is 12.5. The SMILES string of the molecule is Cc1csc(CNC(=O)[C@@]2(O)CCN(c3ccccc3)C2=O)c1. The van der Waals surface area contributed by atoms with Gasteiger partial charge in [0.05, 0.1) is 6.54 Å². The van der Waals surface area contributed by atoms with E-state index in [1.807, 2.05) is 36.6 Å². The van der Waals surface area contributed by atoms with E-state index in [0.29, 0.717) is 18.8 Å². The van der Waals surface area contributed by atoms with Crippen molar-refractivity contribution < 1.29 is 14.7 Å². The monoisotopic (exact) mass is 330 g/mol. The number of anilines is 1. The molecule has 0 bridgehead atoms. The topological polar surface area (TPSA) is 69.6 Å². The predicted octanol–water partition coefficient (Wildman–Crippen LogP) is 1.84. The summed E-state index contributed by atoms with van der Waals surface area (Å²) in [6, 6.07) is 11.0. The van der Waals surface area contributed by atoms with E-state index in [4.69, 9.17) is 0 Å². The number of carbonyl (C=O) groups excluding carboxylic acids is 2. The Labute approximate surface area is 138 Å². The van der Waals surface area contributed by atoms with Crippen LogP contribution in [-0.4, -0.2) is 29.1 Å². The van der Waals surface area contributed by atoms with Crippen molar-refractivity contribution in [1.82, 2.24) is 5.32 Å². The number of amides is 2. The number of carbonyl (C=O) groups is 2. The zero-order valence-electron chi connectivity index (χ0n) is 12.8. The smallest absolute Gasteiger partial charge is 0.268 e. The van der Waals surface area contributed by atoms with Gasteiger partial charge in [0.15, 0.2) is 0 Å². The highest BCUT2D eigenvalue weighted by Gasteiger charge is 2.51. The summed E-state index contributed by atoms with van der Waals surface area (Å²) in [6.45, 7) is 2.62. The van der Waals surface area contributed by atoms with Crippen LogP contribution in [0.4, 0.5) is 5.69 Å². The van der Waals surface area contributed by atoms with E-state index < -0.39 is 17.4 Å². The van der Waals surface area contributed by atoms with Gasteiger partial charge < -0.3 is 15.3 Å². The van der Waals surface area contributed by atoms with Gasteiger partial charge in [0.25, 0.3) is 11.8 Å². The molecule has 5 nitrogen and oxygen atoms in total. The first-order valence-corrected chi connectivity index (χ1v) is 8.30. The Morgan fingerprint density at radius 2 is 2.13 bits per heavy atom. The number of nitrogens with one attached hydrogen (secondary N) is 1. The van der Waals surface area contributed by atoms with Crippen LogP contribution in [-0.2, 0) is 16.1 Å². The van der Waals surface area contributed by atoms with E-state index in [2.05, 4.69) is 5.32 Å². The number of para-hydroxylation sites is 1. The summed E-state index contributed by atoms with van der Waals surface area (Å²) in [4.78, 5) is 27.3. The van der Waals surface area contributed by atoms with Crippen LogP contribution in [0.15, 0.2) is 41.8 Å². The summed E-state index contributed by atoms with van der Waals surface area (Å²) in [5, 5.41) is 15.2. The fourth-order valence-corrected chi connectivity index (χ4v) is 3.48. The molecule has 2 aromatic rings. The van der Waals surface area contributed by atoms with Crippen molar-refractivity contribution in [2.45, 2.75) is 25.5 Å². The highest BCUT2D eigenvalue weighted by Crippen LogP contribution is 2.28. The van der Waals surface area contributed by atoms with E-state index in [1.54, 1.807) is 12.1 Å². The van der Waals surface area contributed by atoms with Crippen LogP contribution < -0.4 is 10.2 Å². The molecule has 120 valence electrons. The first-order chi connectivity index (χ1) is 11.0. The summed E-state index contributed by atoms with van der Waals surface area (Å²) < 4.78 is 0. The van der Waals surface area contributed by atoms with Crippen LogP contribution in [0.2, 0.25) is 0 Å². The van der Waals surface area contributed by atoms with Crippen LogP contribution in [0.3, 0.4) is 0 Å². The molecule has 0 radical (unpaired) electrons. The lowest BCUT2D eigenvalue weighted by Crippen LogP contribution is -2.52. The number of benzene rings is 1. The number of hydrogen-bond acceptors (Lipinski definition) is 4. The van der Waals surface area contributed by atoms with Crippen LogP contribution in [0.5, 0.6) is 0 Å². The Hall–Kier alpha value is -2.18. The molecule has 6 heteroatoms. The molecule has 3 rings (SSSR count). The molecule has 0 spiro atoms. The fourth-order valence-electron chi connectivity index (χ4n) is 2.67. The molecule has 2 heterocycles. The molecule has 1 saturated heterocycles. The van der Waals surface area contributed by atoms with E-state index in [1.165, 1.54) is 16.2 Å². The maximum Gasteiger partial charge on any atom is 0.268 e. The molecule has 2 N–H and O–H groups in total. The summed E-state index contributed by atoms with van der Waals surface area (Å²) >= 11 is 1.54. The summed E-state index contributed by atoms with van der Waals surface area (Å²) in [6.07, 6.45) is 0.0933. The number of aryl methyl sites for hydroxylation is 1. The molecule has 1 aliphatic heterocycles. The van der Waals surface area contributed by atoms with Crippen LogP contribution in [0.25, 0.3) is 0 Å². The second kappa shape index (κ2) is 6.14. The van der Waals surface area contributed by atoms with Gasteiger partial charge in [-0.2, -0.15) is 0 Å². The molecule has 23 heavy (non-hydrogen) atoms. The normalized spacial score (nSPS) is 20.8. The van der Waals surface area contributed by atoms with Gasteiger partial charge in [-0.1, -0.05) is 18.2 Å². The van der Waals surface area contributed by atoms with Crippen molar-refractivity contribution in [3.05, 3.63) is 52.2 Å². The zero-order valence-corrected chi connectivity index (χ0v) is 13.6. The number of hydrogen-bond donors (Lipinski definition) is 2. The summed E-state index contributed by atoms with van der Waals surface area (Å²) in [7, 11) is 0. The average molecular weight is 330 g/mol. The van der Waals surface area contributed by atoms with Gasteiger partial charge in [0.1, 0.15) is 0 Å². The van der Waals surface area contributed by atoms with Crippen molar-refractivity contribution in [2.75, 3.05) is 11.4 Å². The first kappa shape index (κ1) is 15.7. The Bertz CT molecular complexity index is 728. The fraction of sp³-hybridized carbons (Fsp3) is 0.294. The minimum absolute atomic E-state index is 0.0933. The third-order valence-electron chi connectivity index (χ3n) is 3.95. The molecular weight excluding hydrogens is 312 g/mol. The predicted molar refractivity (Wildman–Crippen MR) is 89.3 cm³/mol. The van der Waals surface area contributed by atoms with Gasteiger partial charge in [0.2, 0.25) is 5.60 Å². The molecule has 1 atom stereocenters. The van der Waals surface area contributed by atoms with E-state index in [0.717, 1.165) is 10.4 Å². The molecule has 0 saturated carbocycles. The number of nitrogens with zero attached hydrogens (tertiary/aromatic N) is 1.